The number of carbonyl (C=O) groups is 1. The van der Waals surface area contributed by atoms with E-state index in [1.165, 1.54) is 0 Å². The van der Waals surface area contributed by atoms with E-state index in [4.69, 9.17) is 4.84 Å². The lowest BCUT2D eigenvalue weighted by atomic mass is 9.99. The Morgan fingerprint density at radius 2 is 2.16 bits per heavy atom. The van der Waals surface area contributed by atoms with Crippen LogP contribution in [0.25, 0.3) is 0 Å². The molecule has 0 radical (unpaired) electrons. The number of rotatable bonds is 6. The number of nitrogens with one attached hydrogen (secondary N) is 1. The molecule has 0 saturated heterocycles. The van der Waals surface area contributed by atoms with Crippen molar-refractivity contribution < 1.29 is 9.63 Å². The normalized spacial score (nSPS) is 11.3. The molecule has 104 valence electrons. The number of hydrogen-bond donors (Lipinski definition) is 1. The fraction of sp³-hybridized carbons (Fsp3) is 0.429. The molecule has 0 aliphatic rings. The molecule has 19 heavy (non-hydrogen) atoms. The van der Waals surface area contributed by atoms with Crippen molar-refractivity contribution in [3.8, 4) is 0 Å². The summed E-state index contributed by atoms with van der Waals surface area (Å²) in [6.07, 6.45) is 1.70. The summed E-state index contributed by atoms with van der Waals surface area (Å²) in [5.41, 5.74) is 3.52. The highest BCUT2D eigenvalue weighted by Gasteiger charge is 2.13. The molecule has 0 aliphatic heterocycles. The molecule has 0 atom stereocenters. The molecular formula is C14H19BrN2O2. The van der Waals surface area contributed by atoms with E-state index in [1.807, 2.05) is 26.0 Å². The quantitative estimate of drug-likeness (QED) is 0.493. The van der Waals surface area contributed by atoms with Crippen LogP contribution in [0.1, 0.15) is 48.7 Å². The van der Waals surface area contributed by atoms with Crippen LogP contribution in [0.4, 0.5) is 0 Å². The average molecular weight is 327 g/mol. The number of amides is 1. The predicted octanol–water partition coefficient (Wildman–Crippen LogP) is 3.59. The summed E-state index contributed by atoms with van der Waals surface area (Å²) in [5, 5.41) is 4.01. The molecule has 1 N–H and O–H groups in total. The van der Waals surface area contributed by atoms with Crippen LogP contribution in [0.3, 0.4) is 0 Å². The Kier molecular flexibility index (Phi) is 6.56. The monoisotopic (exact) mass is 326 g/mol. The zero-order chi connectivity index (χ0) is 14.3. The van der Waals surface area contributed by atoms with Gasteiger partial charge >= 0.3 is 0 Å². The Labute approximate surface area is 122 Å². The average Bonchev–Trinajstić information content (AvgIpc) is 2.46. The van der Waals surface area contributed by atoms with Gasteiger partial charge in [-0.05, 0) is 31.4 Å². The number of nitrogens with zero attached hydrogens (tertiary/aromatic N) is 1. The van der Waals surface area contributed by atoms with Crippen LogP contribution in [0.15, 0.2) is 23.4 Å². The Hall–Kier alpha value is -1.36. The van der Waals surface area contributed by atoms with Crippen molar-refractivity contribution in [3.63, 3.8) is 0 Å². The van der Waals surface area contributed by atoms with Crippen molar-refractivity contribution in [2.24, 2.45) is 5.16 Å². The molecule has 1 rings (SSSR count). The number of carbonyl (C=O) groups excluding carboxylic acids is 1. The van der Waals surface area contributed by atoms with Crippen molar-refractivity contribution >= 4 is 27.8 Å². The highest BCUT2D eigenvalue weighted by Crippen LogP contribution is 2.17. The number of oxime groups is 1. The van der Waals surface area contributed by atoms with Crippen LogP contribution in [0.5, 0.6) is 0 Å². The summed E-state index contributed by atoms with van der Waals surface area (Å²) in [4.78, 5) is 17.1. The van der Waals surface area contributed by atoms with Crippen LogP contribution in [0.2, 0.25) is 0 Å². The van der Waals surface area contributed by atoms with E-state index in [0.717, 1.165) is 29.7 Å². The van der Waals surface area contributed by atoms with Gasteiger partial charge in [-0.15, -0.1) is 0 Å². The zero-order valence-corrected chi connectivity index (χ0v) is 13.1. The van der Waals surface area contributed by atoms with Gasteiger partial charge in [0.25, 0.3) is 5.91 Å². The molecule has 1 amide bonds. The molecule has 0 spiro atoms. The minimum absolute atomic E-state index is 0.176. The maximum atomic E-state index is 11.8. The van der Waals surface area contributed by atoms with Gasteiger partial charge in [-0.3, -0.25) is 9.14 Å². The van der Waals surface area contributed by atoms with E-state index in [-0.39, 0.29) is 5.91 Å². The van der Waals surface area contributed by atoms with Crippen LogP contribution in [-0.4, -0.2) is 11.6 Å². The first-order chi connectivity index (χ1) is 9.13. The smallest absolute Gasteiger partial charge is 0.261 e. The summed E-state index contributed by atoms with van der Waals surface area (Å²) in [5.74, 6) is -0.176. The van der Waals surface area contributed by atoms with Gasteiger partial charge in [0.2, 0.25) is 0 Å². The predicted molar refractivity (Wildman–Crippen MR) is 80.4 cm³/mol. The fourth-order valence-corrected chi connectivity index (χ4v) is 1.89. The number of hydrogen-bond acceptors (Lipinski definition) is 3. The Balaban J connectivity index is 2.98. The van der Waals surface area contributed by atoms with Gasteiger partial charge in [0.05, 0.1) is 5.71 Å². The van der Waals surface area contributed by atoms with Crippen LogP contribution in [0, 0.1) is 0 Å². The van der Waals surface area contributed by atoms with Crippen molar-refractivity contribution in [3.05, 3.63) is 34.9 Å². The van der Waals surface area contributed by atoms with E-state index in [9.17, 15) is 4.79 Å². The van der Waals surface area contributed by atoms with Gasteiger partial charge in [-0.25, -0.2) is 0 Å². The minimum atomic E-state index is -0.176. The maximum Gasteiger partial charge on any atom is 0.261 e. The maximum absolute atomic E-state index is 11.8. The molecule has 0 aromatic heterocycles. The first-order valence-corrected chi connectivity index (χ1v) is 7.10. The lowest BCUT2D eigenvalue weighted by Gasteiger charge is -2.11. The lowest BCUT2D eigenvalue weighted by molar-refractivity contribution is 0.0974. The molecule has 0 bridgehead atoms. The van der Waals surface area contributed by atoms with Crippen molar-refractivity contribution in [2.75, 3.05) is 0 Å². The van der Waals surface area contributed by atoms with E-state index in [1.54, 1.807) is 6.07 Å². The van der Waals surface area contributed by atoms with E-state index in [0.29, 0.717) is 12.2 Å². The van der Waals surface area contributed by atoms with E-state index >= 15 is 0 Å². The van der Waals surface area contributed by atoms with Gasteiger partial charge in [0, 0.05) is 27.3 Å². The number of aryl methyl sites for hydroxylation is 1. The molecule has 1 aromatic carbocycles. The molecule has 5 heteroatoms. The van der Waals surface area contributed by atoms with E-state index < -0.39 is 0 Å². The largest absolute Gasteiger partial charge is 0.391 e. The highest BCUT2D eigenvalue weighted by molar-refractivity contribution is 9.08. The highest BCUT2D eigenvalue weighted by atomic mass is 79.9. The van der Waals surface area contributed by atoms with Crippen molar-refractivity contribution in [1.82, 2.24) is 4.34 Å². The van der Waals surface area contributed by atoms with Gasteiger partial charge in [-0.1, -0.05) is 31.1 Å². The summed E-state index contributed by atoms with van der Waals surface area (Å²) in [6.45, 7) is 6.29. The summed E-state index contributed by atoms with van der Waals surface area (Å²) >= 11 is 2.97. The second-order valence-electron chi connectivity index (χ2n) is 4.17. The third kappa shape index (κ3) is 4.35. The van der Waals surface area contributed by atoms with E-state index in [2.05, 4.69) is 32.6 Å². The lowest BCUT2D eigenvalue weighted by Crippen LogP contribution is -2.16. The number of halogens is 1. The molecular weight excluding hydrogens is 308 g/mol. The van der Waals surface area contributed by atoms with Crippen LogP contribution >= 0.6 is 16.1 Å². The first kappa shape index (κ1) is 15.7. The summed E-state index contributed by atoms with van der Waals surface area (Å²) < 4.78 is 2.47. The van der Waals surface area contributed by atoms with Gasteiger partial charge in [0.15, 0.2) is 0 Å². The van der Waals surface area contributed by atoms with Crippen molar-refractivity contribution in [2.45, 2.75) is 40.2 Å². The molecule has 1 aromatic rings. The second-order valence-corrected chi connectivity index (χ2v) is 4.57. The molecule has 0 aliphatic carbocycles. The minimum Gasteiger partial charge on any atom is -0.391 e. The Bertz CT molecular complexity index is 473. The van der Waals surface area contributed by atoms with Gasteiger partial charge in [0.1, 0.15) is 6.61 Å². The first-order valence-electron chi connectivity index (χ1n) is 6.31. The fourth-order valence-electron chi connectivity index (χ4n) is 1.67. The second kappa shape index (κ2) is 7.94. The van der Waals surface area contributed by atoms with Gasteiger partial charge < -0.3 is 4.84 Å². The Morgan fingerprint density at radius 3 is 2.74 bits per heavy atom. The SMILES string of the molecule is CCC(C)=NOCc1c(CC)cccc1C(=O)NBr. The topological polar surface area (TPSA) is 50.7 Å². The number of benzene rings is 1. The van der Waals surface area contributed by atoms with Crippen LogP contribution < -0.4 is 4.34 Å². The third-order valence-electron chi connectivity index (χ3n) is 2.93. The molecule has 0 heterocycles. The summed E-state index contributed by atoms with van der Waals surface area (Å²) in [6, 6.07) is 5.66. The third-order valence-corrected chi connectivity index (χ3v) is 3.29. The molecule has 0 unspecified atom stereocenters. The molecule has 0 saturated carbocycles. The zero-order valence-electron chi connectivity index (χ0n) is 11.5. The molecule has 4 nitrogen and oxygen atoms in total. The van der Waals surface area contributed by atoms with Gasteiger partial charge in [-0.2, -0.15) is 0 Å². The van der Waals surface area contributed by atoms with Crippen LogP contribution in [-0.2, 0) is 17.9 Å². The molecule has 0 fully saturated rings. The summed E-state index contributed by atoms with van der Waals surface area (Å²) in [7, 11) is 0. The standard InChI is InChI=1S/C14H19BrN2O2/c1-4-10(3)17-19-9-13-11(5-2)7-6-8-12(13)14(18)16-15/h6-8H,4-5,9H2,1-3H3,(H,16,18). The van der Waals surface area contributed by atoms with Crippen molar-refractivity contribution in [1.29, 1.82) is 0 Å². The Morgan fingerprint density at radius 1 is 1.42 bits per heavy atom.